The molecule has 0 aliphatic carbocycles. The van der Waals surface area contributed by atoms with Crippen LogP contribution in [0.15, 0.2) is 18.2 Å². The van der Waals surface area contributed by atoms with Crippen molar-refractivity contribution in [2.75, 3.05) is 29.5 Å². The number of nitrogens with zero attached hydrogens (tertiary/aromatic N) is 1. The summed E-state index contributed by atoms with van der Waals surface area (Å²) in [5, 5.41) is 2.91. The molecule has 1 aliphatic heterocycles. The Balaban J connectivity index is 1.79. The first kappa shape index (κ1) is 20.6. The average molecular weight is 379 g/mol. The van der Waals surface area contributed by atoms with Crippen molar-refractivity contribution in [1.29, 1.82) is 0 Å². The van der Waals surface area contributed by atoms with Crippen LogP contribution in [0.1, 0.15) is 45.1 Å². The second-order valence-electron chi connectivity index (χ2n) is 6.72. The SMILES string of the molecule is CCCSCCCNC(=O)CCC(=O)N1C[C@@H](C)Oc2ccc(C)cc21. The third-order valence-corrected chi connectivity index (χ3v) is 5.45. The van der Waals surface area contributed by atoms with Crippen LogP contribution < -0.4 is 15.0 Å². The number of fused-ring (bicyclic) bond motifs is 1. The molecule has 2 amide bonds. The van der Waals surface area contributed by atoms with Crippen molar-refractivity contribution in [1.82, 2.24) is 5.32 Å². The number of nitrogens with one attached hydrogen (secondary N) is 1. The number of hydrogen-bond donors (Lipinski definition) is 1. The molecule has 0 fully saturated rings. The number of anilines is 1. The molecule has 0 saturated heterocycles. The van der Waals surface area contributed by atoms with Gasteiger partial charge in [-0.3, -0.25) is 9.59 Å². The highest BCUT2D eigenvalue weighted by Gasteiger charge is 2.27. The first-order chi connectivity index (χ1) is 12.5. The van der Waals surface area contributed by atoms with Gasteiger partial charge >= 0.3 is 0 Å². The van der Waals surface area contributed by atoms with Crippen molar-refractivity contribution in [2.24, 2.45) is 0 Å². The highest BCUT2D eigenvalue weighted by atomic mass is 32.2. The van der Waals surface area contributed by atoms with E-state index in [0.717, 1.165) is 29.2 Å². The molecule has 0 saturated carbocycles. The van der Waals surface area contributed by atoms with Gasteiger partial charge in [0.15, 0.2) is 0 Å². The Morgan fingerprint density at radius 3 is 2.88 bits per heavy atom. The minimum atomic E-state index is -0.0522. The number of carbonyl (C=O) groups is 2. The van der Waals surface area contributed by atoms with Crippen LogP contribution in [0.5, 0.6) is 5.75 Å². The molecule has 2 rings (SSSR count). The van der Waals surface area contributed by atoms with E-state index < -0.39 is 0 Å². The molecule has 1 atom stereocenters. The van der Waals surface area contributed by atoms with Crippen LogP contribution in [0.4, 0.5) is 5.69 Å². The molecule has 5 nitrogen and oxygen atoms in total. The number of ether oxygens (including phenoxy) is 1. The van der Waals surface area contributed by atoms with Gasteiger partial charge in [-0.05, 0) is 55.9 Å². The largest absolute Gasteiger partial charge is 0.487 e. The number of aryl methyl sites for hydroxylation is 1. The molecule has 1 heterocycles. The molecule has 0 radical (unpaired) electrons. The van der Waals surface area contributed by atoms with Gasteiger partial charge in [0, 0.05) is 19.4 Å². The quantitative estimate of drug-likeness (QED) is 0.668. The summed E-state index contributed by atoms with van der Waals surface area (Å²) in [6.07, 6.45) is 2.55. The zero-order chi connectivity index (χ0) is 18.9. The molecule has 1 aromatic carbocycles. The van der Waals surface area contributed by atoms with E-state index in [9.17, 15) is 9.59 Å². The summed E-state index contributed by atoms with van der Waals surface area (Å²) in [5.74, 6) is 2.89. The van der Waals surface area contributed by atoms with E-state index in [1.54, 1.807) is 4.90 Å². The maximum absolute atomic E-state index is 12.7. The minimum Gasteiger partial charge on any atom is -0.487 e. The summed E-state index contributed by atoms with van der Waals surface area (Å²) in [4.78, 5) is 26.4. The summed E-state index contributed by atoms with van der Waals surface area (Å²) in [6.45, 7) is 7.31. The van der Waals surface area contributed by atoms with Crippen LogP contribution in [-0.4, -0.2) is 42.5 Å². The van der Waals surface area contributed by atoms with Crippen LogP contribution in [0.25, 0.3) is 0 Å². The number of thioether (sulfide) groups is 1. The second kappa shape index (κ2) is 10.5. The molecule has 1 N–H and O–H groups in total. The molecule has 0 bridgehead atoms. The van der Waals surface area contributed by atoms with Gasteiger partial charge in [0.2, 0.25) is 11.8 Å². The van der Waals surface area contributed by atoms with E-state index in [0.29, 0.717) is 13.1 Å². The topological polar surface area (TPSA) is 58.6 Å². The standard InChI is InChI=1S/C20H30N2O3S/c1-4-11-26-12-5-10-21-19(23)8-9-20(24)22-14-16(3)25-18-7-6-15(2)13-17(18)22/h6-7,13,16H,4-5,8-12,14H2,1-3H3,(H,21,23)/t16-/m1/s1. The first-order valence-corrected chi connectivity index (χ1v) is 10.6. The van der Waals surface area contributed by atoms with Crippen LogP contribution in [-0.2, 0) is 9.59 Å². The fourth-order valence-electron chi connectivity index (χ4n) is 2.88. The van der Waals surface area contributed by atoms with Crippen molar-refractivity contribution in [3.8, 4) is 5.75 Å². The average Bonchev–Trinajstić information content (AvgIpc) is 2.62. The highest BCUT2D eigenvalue weighted by molar-refractivity contribution is 7.99. The predicted octanol–water partition coefficient (Wildman–Crippen LogP) is 3.54. The van der Waals surface area contributed by atoms with Gasteiger partial charge in [-0.2, -0.15) is 11.8 Å². The normalized spacial score (nSPS) is 16.0. The van der Waals surface area contributed by atoms with E-state index in [2.05, 4.69) is 12.2 Å². The predicted molar refractivity (Wildman–Crippen MR) is 108 cm³/mol. The third kappa shape index (κ3) is 6.24. The number of benzene rings is 1. The molecule has 0 unspecified atom stereocenters. The van der Waals surface area contributed by atoms with Crippen molar-refractivity contribution in [3.05, 3.63) is 23.8 Å². The molecule has 26 heavy (non-hydrogen) atoms. The molecular weight excluding hydrogens is 348 g/mol. The first-order valence-electron chi connectivity index (χ1n) is 9.43. The van der Waals surface area contributed by atoms with E-state index >= 15 is 0 Å². The Hall–Kier alpha value is -1.69. The highest BCUT2D eigenvalue weighted by Crippen LogP contribution is 2.34. The lowest BCUT2D eigenvalue weighted by molar-refractivity contribution is -0.125. The van der Waals surface area contributed by atoms with Crippen LogP contribution in [0.3, 0.4) is 0 Å². The fourth-order valence-corrected chi connectivity index (χ4v) is 3.72. The second-order valence-corrected chi connectivity index (χ2v) is 7.94. The van der Waals surface area contributed by atoms with Crippen molar-refractivity contribution >= 4 is 29.3 Å². The summed E-state index contributed by atoms with van der Waals surface area (Å²) in [7, 11) is 0. The van der Waals surface area contributed by atoms with E-state index in [1.165, 1.54) is 12.2 Å². The monoisotopic (exact) mass is 378 g/mol. The van der Waals surface area contributed by atoms with Crippen molar-refractivity contribution in [3.63, 3.8) is 0 Å². The third-order valence-electron chi connectivity index (χ3n) is 4.18. The summed E-state index contributed by atoms with van der Waals surface area (Å²) in [6, 6.07) is 5.85. The lowest BCUT2D eigenvalue weighted by Gasteiger charge is -2.33. The van der Waals surface area contributed by atoms with Crippen molar-refractivity contribution in [2.45, 2.75) is 52.6 Å². The van der Waals surface area contributed by atoms with Crippen molar-refractivity contribution < 1.29 is 14.3 Å². The van der Waals surface area contributed by atoms with Gasteiger partial charge in [0.1, 0.15) is 11.9 Å². The van der Waals surface area contributed by atoms with Crippen LogP contribution >= 0.6 is 11.8 Å². The zero-order valence-electron chi connectivity index (χ0n) is 16.0. The molecule has 6 heteroatoms. The summed E-state index contributed by atoms with van der Waals surface area (Å²) < 4.78 is 5.81. The van der Waals surface area contributed by atoms with Gasteiger partial charge in [0.05, 0.1) is 12.2 Å². The number of hydrogen-bond acceptors (Lipinski definition) is 4. The van der Waals surface area contributed by atoms with Gasteiger partial charge in [-0.25, -0.2) is 0 Å². The number of amides is 2. The molecule has 0 spiro atoms. The molecule has 1 aromatic rings. The number of rotatable bonds is 9. The minimum absolute atomic E-state index is 0.0272. The maximum Gasteiger partial charge on any atom is 0.227 e. The summed E-state index contributed by atoms with van der Waals surface area (Å²) >= 11 is 1.91. The van der Waals surface area contributed by atoms with Gasteiger partial charge in [0.25, 0.3) is 0 Å². The van der Waals surface area contributed by atoms with Crippen LogP contribution in [0, 0.1) is 6.92 Å². The van der Waals surface area contributed by atoms with Gasteiger partial charge in [-0.15, -0.1) is 0 Å². The van der Waals surface area contributed by atoms with E-state index in [-0.39, 0.29) is 30.8 Å². The van der Waals surface area contributed by atoms with E-state index in [4.69, 9.17) is 4.74 Å². The molecular formula is C20H30N2O3S. The Labute approximate surface area is 160 Å². The van der Waals surface area contributed by atoms with Gasteiger partial charge < -0.3 is 15.0 Å². The lowest BCUT2D eigenvalue weighted by atomic mass is 10.1. The lowest BCUT2D eigenvalue weighted by Crippen LogP contribution is -2.42. The Morgan fingerprint density at radius 1 is 1.31 bits per heavy atom. The maximum atomic E-state index is 12.7. The number of carbonyl (C=O) groups excluding carboxylic acids is 2. The molecule has 144 valence electrons. The van der Waals surface area contributed by atoms with Crippen LogP contribution in [0.2, 0.25) is 0 Å². The Bertz CT molecular complexity index is 621. The van der Waals surface area contributed by atoms with E-state index in [1.807, 2.05) is 43.8 Å². The van der Waals surface area contributed by atoms with Gasteiger partial charge in [-0.1, -0.05) is 13.0 Å². The molecule has 1 aliphatic rings. The zero-order valence-corrected chi connectivity index (χ0v) is 16.9. The molecule has 0 aromatic heterocycles. The smallest absolute Gasteiger partial charge is 0.227 e. The fraction of sp³-hybridized carbons (Fsp3) is 0.600. The Morgan fingerprint density at radius 2 is 2.12 bits per heavy atom. The Kier molecular flexibility index (Phi) is 8.29. The summed E-state index contributed by atoms with van der Waals surface area (Å²) in [5.41, 5.74) is 1.89.